The first-order valence-corrected chi connectivity index (χ1v) is 13.4. The van der Waals surface area contributed by atoms with Crippen molar-refractivity contribution in [2.45, 2.75) is 58.0 Å². The molecule has 4 amide bonds. The van der Waals surface area contributed by atoms with E-state index in [1.54, 1.807) is 41.0 Å². The number of alkyl carbamates (subject to hydrolysis) is 1. The van der Waals surface area contributed by atoms with Crippen molar-refractivity contribution in [3.8, 4) is 0 Å². The maximum Gasteiger partial charge on any atom is 0.407 e. The molecule has 2 N–H and O–H groups in total. The highest BCUT2D eigenvalue weighted by Gasteiger charge is 2.44. The number of amides is 4. The summed E-state index contributed by atoms with van der Waals surface area (Å²) in [7, 11) is 0. The van der Waals surface area contributed by atoms with E-state index in [9.17, 15) is 14.4 Å². The number of carbonyl (C=O) groups excluding carboxylic acids is 3. The second-order valence-electron chi connectivity index (χ2n) is 10.3. The average molecular weight is 520 g/mol. The number of nitrogens with zero attached hydrogens (tertiary/aromatic N) is 3. The van der Waals surface area contributed by atoms with Gasteiger partial charge in [-0.05, 0) is 82.7 Å². The molecule has 9 nitrogen and oxygen atoms in total. The fraction of sp³-hybridized carbons (Fsp3) is 0.654. The van der Waals surface area contributed by atoms with Crippen molar-refractivity contribution >= 4 is 35.3 Å². The molecule has 1 aliphatic carbocycles. The molecule has 2 aliphatic heterocycles. The highest BCUT2D eigenvalue weighted by molar-refractivity contribution is 6.30. The molecule has 0 bridgehead atoms. The molecular formula is C26H38ClN5O4. The van der Waals surface area contributed by atoms with Gasteiger partial charge in [0.15, 0.2) is 0 Å². The molecule has 3 aliphatic rings. The molecule has 4 rings (SSSR count). The minimum atomic E-state index is -0.630. The fourth-order valence-electron chi connectivity index (χ4n) is 5.25. The molecule has 0 unspecified atom stereocenters. The lowest BCUT2D eigenvalue weighted by Gasteiger charge is -2.43. The van der Waals surface area contributed by atoms with E-state index in [1.165, 1.54) is 25.7 Å². The quantitative estimate of drug-likeness (QED) is 0.545. The number of piperidine rings is 1. The summed E-state index contributed by atoms with van der Waals surface area (Å²) in [5, 5.41) is 6.00. The van der Waals surface area contributed by atoms with Gasteiger partial charge in [0.2, 0.25) is 5.91 Å². The Balaban J connectivity index is 1.36. The summed E-state index contributed by atoms with van der Waals surface area (Å²) in [5.41, 5.74) is 1.20. The number of ether oxygens (including phenoxy) is 1. The van der Waals surface area contributed by atoms with E-state index in [-0.39, 0.29) is 24.6 Å². The van der Waals surface area contributed by atoms with Crippen molar-refractivity contribution in [3.63, 3.8) is 0 Å². The summed E-state index contributed by atoms with van der Waals surface area (Å²) in [6, 6.07) is 5.72. The summed E-state index contributed by atoms with van der Waals surface area (Å²) in [6.07, 6.45) is 5.49. The van der Waals surface area contributed by atoms with E-state index < -0.39 is 12.1 Å². The van der Waals surface area contributed by atoms with Crippen LogP contribution in [-0.4, -0.2) is 90.7 Å². The zero-order valence-corrected chi connectivity index (χ0v) is 22.1. The van der Waals surface area contributed by atoms with E-state index >= 15 is 0 Å². The summed E-state index contributed by atoms with van der Waals surface area (Å²) >= 11 is 6.02. The minimum Gasteiger partial charge on any atom is -0.447 e. The van der Waals surface area contributed by atoms with Crippen LogP contribution >= 0.6 is 11.6 Å². The van der Waals surface area contributed by atoms with Gasteiger partial charge in [0, 0.05) is 36.9 Å². The van der Waals surface area contributed by atoms with Crippen LogP contribution in [0, 0.1) is 5.41 Å². The Hall–Kier alpha value is -2.52. The van der Waals surface area contributed by atoms with Gasteiger partial charge in [-0.1, -0.05) is 17.7 Å². The molecule has 36 heavy (non-hydrogen) atoms. The zero-order chi connectivity index (χ0) is 25.7. The maximum absolute atomic E-state index is 13.4. The van der Waals surface area contributed by atoms with Gasteiger partial charge in [0.25, 0.3) is 0 Å². The van der Waals surface area contributed by atoms with Crippen LogP contribution < -0.4 is 10.6 Å². The summed E-state index contributed by atoms with van der Waals surface area (Å²) < 4.78 is 5.46. The zero-order valence-electron chi connectivity index (χ0n) is 21.3. The highest BCUT2D eigenvalue weighted by Crippen LogP contribution is 2.53. The molecule has 1 spiro atoms. The molecule has 1 saturated carbocycles. The SMILES string of the molecule is CCNC(=O)OC[C@H](CCN1CCC2(CC1)CC2)N1CCN(C(=O)Nc2cccc(Cl)c2)[C@@H](C)C1=O. The van der Waals surface area contributed by atoms with Gasteiger partial charge in [0.1, 0.15) is 12.6 Å². The number of nitrogens with one attached hydrogen (secondary N) is 2. The summed E-state index contributed by atoms with van der Waals surface area (Å²) in [5.74, 6) is -0.137. The van der Waals surface area contributed by atoms with Crippen LogP contribution in [0.3, 0.4) is 0 Å². The van der Waals surface area contributed by atoms with Gasteiger partial charge in [-0.25, -0.2) is 9.59 Å². The molecule has 0 radical (unpaired) electrons. The average Bonchev–Trinajstić information content (AvgIpc) is 3.61. The van der Waals surface area contributed by atoms with E-state index in [0.29, 0.717) is 35.8 Å². The molecule has 1 aromatic rings. The summed E-state index contributed by atoms with van der Waals surface area (Å²) in [6.45, 7) is 8.01. The number of anilines is 1. The Morgan fingerprint density at radius 1 is 1.17 bits per heavy atom. The maximum atomic E-state index is 13.4. The second kappa shape index (κ2) is 11.7. The number of hydrogen-bond acceptors (Lipinski definition) is 5. The van der Waals surface area contributed by atoms with Gasteiger partial charge in [0.05, 0.1) is 6.04 Å². The van der Waals surface area contributed by atoms with Crippen LogP contribution in [0.15, 0.2) is 24.3 Å². The Labute approximate surface area is 218 Å². The fourth-order valence-corrected chi connectivity index (χ4v) is 5.44. The highest BCUT2D eigenvalue weighted by atomic mass is 35.5. The smallest absolute Gasteiger partial charge is 0.407 e. The molecule has 2 saturated heterocycles. The monoisotopic (exact) mass is 519 g/mol. The number of rotatable bonds is 8. The van der Waals surface area contributed by atoms with Gasteiger partial charge >= 0.3 is 12.1 Å². The third kappa shape index (κ3) is 6.62. The van der Waals surface area contributed by atoms with Gasteiger partial charge in [-0.2, -0.15) is 0 Å². The van der Waals surface area contributed by atoms with E-state index in [4.69, 9.17) is 16.3 Å². The Bertz CT molecular complexity index is 946. The lowest BCUT2D eigenvalue weighted by molar-refractivity contribution is -0.143. The van der Waals surface area contributed by atoms with Gasteiger partial charge < -0.3 is 30.1 Å². The molecule has 3 fully saturated rings. The third-order valence-corrected chi connectivity index (χ3v) is 8.08. The number of piperazine rings is 1. The number of carbonyl (C=O) groups is 3. The first-order valence-electron chi connectivity index (χ1n) is 13.1. The molecule has 2 heterocycles. The predicted molar refractivity (Wildman–Crippen MR) is 139 cm³/mol. The van der Waals surface area contributed by atoms with Crippen molar-refractivity contribution < 1.29 is 19.1 Å². The molecular weight excluding hydrogens is 482 g/mol. The lowest BCUT2D eigenvalue weighted by atomic mass is 9.93. The normalized spacial score (nSPS) is 22.3. The van der Waals surface area contributed by atoms with Crippen LogP contribution in [0.1, 0.15) is 46.0 Å². The van der Waals surface area contributed by atoms with E-state index in [0.717, 1.165) is 26.1 Å². The van der Waals surface area contributed by atoms with Crippen molar-refractivity contribution in [2.75, 3.05) is 51.2 Å². The first-order chi connectivity index (χ1) is 17.3. The number of halogens is 1. The number of hydrogen-bond donors (Lipinski definition) is 2. The van der Waals surface area contributed by atoms with Crippen LogP contribution in [0.2, 0.25) is 5.02 Å². The van der Waals surface area contributed by atoms with Crippen LogP contribution in [-0.2, 0) is 9.53 Å². The molecule has 198 valence electrons. The van der Waals surface area contributed by atoms with Crippen LogP contribution in [0.5, 0.6) is 0 Å². The molecule has 1 aromatic carbocycles. The standard InChI is InChI=1S/C26H38ClN5O4/c1-3-28-25(35)36-18-22(7-12-30-13-10-26(8-9-26)11-14-30)32-16-15-31(19(2)23(32)33)24(34)29-21-6-4-5-20(27)17-21/h4-6,17,19,22H,3,7-16,18H2,1-2H3,(H,28,35)(H,29,34)/t19-,22-/m0/s1. The Kier molecular flexibility index (Phi) is 8.62. The van der Waals surface area contributed by atoms with Crippen molar-refractivity contribution in [1.29, 1.82) is 0 Å². The molecule has 0 aromatic heterocycles. The molecule has 2 atom stereocenters. The largest absolute Gasteiger partial charge is 0.447 e. The van der Waals surface area contributed by atoms with Crippen molar-refractivity contribution in [1.82, 2.24) is 20.0 Å². The van der Waals surface area contributed by atoms with Crippen molar-refractivity contribution in [2.24, 2.45) is 5.41 Å². The van der Waals surface area contributed by atoms with Crippen molar-refractivity contribution in [3.05, 3.63) is 29.3 Å². The Morgan fingerprint density at radius 3 is 2.58 bits per heavy atom. The predicted octanol–water partition coefficient (Wildman–Crippen LogP) is 3.79. The van der Waals surface area contributed by atoms with Gasteiger partial charge in [-0.15, -0.1) is 0 Å². The summed E-state index contributed by atoms with van der Waals surface area (Å²) in [4.78, 5) is 44.1. The van der Waals surface area contributed by atoms with E-state index in [1.807, 2.05) is 6.92 Å². The Morgan fingerprint density at radius 2 is 1.92 bits per heavy atom. The topological polar surface area (TPSA) is 94.2 Å². The van der Waals surface area contributed by atoms with E-state index in [2.05, 4.69) is 15.5 Å². The van der Waals surface area contributed by atoms with Gasteiger partial charge in [-0.3, -0.25) is 4.79 Å². The number of urea groups is 1. The second-order valence-corrected chi connectivity index (χ2v) is 10.7. The number of benzene rings is 1. The number of likely N-dealkylation sites (tertiary alicyclic amines) is 1. The lowest BCUT2D eigenvalue weighted by Crippen LogP contribution is -2.61. The first kappa shape index (κ1) is 26.5. The molecule has 10 heteroatoms. The minimum absolute atomic E-state index is 0.136. The third-order valence-electron chi connectivity index (χ3n) is 7.85. The van der Waals surface area contributed by atoms with Crippen LogP contribution in [0.25, 0.3) is 0 Å². The van der Waals surface area contributed by atoms with Crippen LogP contribution in [0.4, 0.5) is 15.3 Å².